The summed E-state index contributed by atoms with van der Waals surface area (Å²) in [5, 5.41) is 9.01. The first kappa shape index (κ1) is 19.5. The molecule has 1 amide bonds. The van der Waals surface area contributed by atoms with E-state index in [2.05, 4.69) is 46.7 Å². The van der Waals surface area contributed by atoms with Crippen molar-refractivity contribution in [1.82, 2.24) is 20.9 Å². The van der Waals surface area contributed by atoms with Crippen LogP contribution in [0.5, 0.6) is 0 Å². The second-order valence-corrected chi connectivity index (χ2v) is 6.92. The molecule has 0 fully saturated rings. The highest BCUT2D eigenvalue weighted by Gasteiger charge is 2.19. The minimum Gasteiger partial charge on any atom is -0.443 e. The van der Waals surface area contributed by atoms with E-state index in [0.29, 0.717) is 30.5 Å². The molecule has 0 spiro atoms. The topological polar surface area (TPSA) is 91.5 Å². The zero-order chi connectivity index (χ0) is 19.2. The molecule has 26 heavy (non-hydrogen) atoms. The van der Waals surface area contributed by atoms with Gasteiger partial charge in [0, 0.05) is 31.6 Å². The summed E-state index contributed by atoms with van der Waals surface area (Å²) in [6.07, 6.45) is 1.77. The van der Waals surface area contributed by atoms with Crippen molar-refractivity contribution in [3.8, 4) is 0 Å². The number of carbonyl (C=O) groups is 1. The lowest BCUT2D eigenvalue weighted by Crippen LogP contribution is -2.36. The molecule has 0 saturated carbocycles. The number of hydrogen-bond donors (Lipinski definition) is 3. The molecular formula is C19H27N5O2. The highest BCUT2D eigenvalue weighted by Crippen LogP contribution is 2.22. The lowest BCUT2D eigenvalue weighted by atomic mass is 9.94. The van der Waals surface area contributed by atoms with E-state index < -0.39 is 0 Å². The minimum absolute atomic E-state index is 0.0635. The normalized spacial score (nSPS) is 12.0. The molecule has 0 radical (unpaired) electrons. The fraction of sp³-hybridized carbons (Fsp3) is 0.421. The van der Waals surface area contributed by atoms with Crippen LogP contribution in [-0.4, -0.2) is 30.9 Å². The van der Waals surface area contributed by atoms with E-state index in [0.717, 1.165) is 11.3 Å². The summed E-state index contributed by atoms with van der Waals surface area (Å²) in [5.41, 5.74) is 1.62. The van der Waals surface area contributed by atoms with Crippen LogP contribution in [0.2, 0.25) is 0 Å². The van der Waals surface area contributed by atoms with Crippen molar-refractivity contribution in [1.29, 1.82) is 0 Å². The van der Waals surface area contributed by atoms with Crippen molar-refractivity contribution >= 4 is 11.9 Å². The third-order valence-corrected chi connectivity index (χ3v) is 3.83. The molecule has 0 aliphatic heterocycles. The SMILES string of the molecule is CN=C(NCc1ccc(C(=O)NC)cc1)NCc1ncc(C(C)(C)C)o1. The number of rotatable bonds is 5. The number of aliphatic imine (C=N–C) groups is 1. The molecule has 1 heterocycles. The minimum atomic E-state index is -0.0949. The third-order valence-electron chi connectivity index (χ3n) is 3.83. The number of amides is 1. The average Bonchev–Trinajstić information content (AvgIpc) is 3.11. The lowest BCUT2D eigenvalue weighted by Gasteiger charge is -2.13. The van der Waals surface area contributed by atoms with E-state index in [4.69, 9.17) is 4.42 Å². The van der Waals surface area contributed by atoms with Gasteiger partial charge in [0.05, 0.1) is 12.7 Å². The summed E-state index contributed by atoms with van der Waals surface area (Å²) in [6, 6.07) is 7.42. The monoisotopic (exact) mass is 357 g/mol. The second kappa shape index (κ2) is 8.51. The smallest absolute Gasteiger partial charge is 0.251 e. The van der Waals surface area contributed by atoms with Crippen LogP contribution in [0.15, 0.2) is 39.9 Å². The van der Waals surface area contributed by atoms with Gasteiger partial charge in [-0.1, -0.05) is 32.9 Å². The van der Waals surface area contributed by atoms with Crippen LogP contribution < -0.4 is 16.0 Å². The number of nitrogens with one attached hydrogen (secondary N) is 3. The van der Waals surface area contributed by atoms with Crippen molar-refractivity contribution in [2.75, 3.05) is 14.1 Å². The van der Waals surface area contributed by atoms with Gasteiger partial charge in [0.15, 0.2) is 5.96 Å². The van der Waals surface area contributed by atoms with Gasteiger partial charge >= 0.3 is 0 Å². The first-order valence-corrected chi connectivity index (χ1v) is 8.54. The predicted molar refractivity (Wildman–Crippen MR) is 102 cm³/mol. The molecule has 2 aromatic rings. The second-order valence-electron chi connectivity index (χ2n) is 6.92. The fourth-order valence-corrected chi connectivity index (χ4v) is 2.22. The first-order valence-electron chi connectivity index (χ1n) is 8.54. The Balaban J connectivity index is 1.86. The Morgan fingerprint density at radius 2 is 1.81 bits per heavy atom. The van der Waals surface area contributed by atoms with Crippen LogP contribution in [0, 0.1) is 0 Å². The van der Waals surface area contributed by atoms with Crippen LogP contribution in [0.3, 0.4) is 0 Å². The van der Waals surface area contributed by atoms with E-state index in [9.17, 15) is 4.79 Å². The van der Waals surface area contributed by atoms with Gasteiger partial charge in [-0.2, -0.15) is 0 Å². The highest BCUT2D eigenvalue weighted by molar-refractivity contribution is 5.93. The van der Waals surface area contributed by atoms with Crippen molar-refractivity contribution in [3.63, 3.8) is 0 Å². The number of oxazole rings is 1. The summed E-state index contributed by atoms with van der Waals surface area (Å²) < 4.78 is 5.76. The standard InChI is InChI=1S/C19H27N5O2/c1-19(2,3)15-11-22-16(26-15)12-24-18(21-5)23-10-13-6-8-14(9-7-13)17(25)20-4/h6-9,11H,10,12H2,1-5H3,(H,20,25)(H2,21,23,24). The Kier molecular flexibility index (Phi) is 6.38. The average molecular weight is 357 g/mol. The van der Waals surface area contributed by atoms with E-state index in [1.54, 1.807) is 32.4 Å². The molecule has 140 valence electrons. The molecule has 7 heteroatoms. The van der Waals surface area contributed by atoms with E-state index in [1.165, 1.54) is 0 Å². The summed E-state index contributed by atoms with van der Waals surface area (Å²) in [4.78, 5) is 20.0. The lowest BCUT2D eigenvalue weighted by molar-refractivity contribution is 0.0963. The van der Waals surface area contributed by atoms with Crippen LogP contribution in [-0.2, 0) is 18.5 Å². The van der Waals surface area contributed by atoms with Gasteiger partial charge in [0.25, 0.3) is 5.91 Å². The molecule has 3 N–H and O–H groups in total. The van der Waals surface area contributed by atoms with E-state index in [1.807, 2.05) is 12.1 Å². The van der Waals surface area contributed by atoms with Crippen LogP contribution in [0.25, 0.3) is 0 Å². The van der Waals surface area contributed by atoms with Gasteiger partial charge < -0.3 is 20.4 Å². The summed E-state index contributed by atoms with van der Waals surface area (Å²) >= 11 is 0. The van der Waals surface area contributed by atoms with Crippen molar-refractivity contribution in [2.45, 2.75) is 39.3 Å². The molecule has 0 atom stereocenters. The number of aromatic nitrogens is 1. The van der Waals surface area contributed by atoms with E-state index >= 15 is 0 Å². The Labute approximate surface area is 154 Å². The Hall–Kier alpha value is -2.83. The maximum atomic E-state index is 11.6. The molecule has 1 aromatic heterocycles. The molecular weight excluding hydrogens is 330 g/mol. The van der Waals surface area contributed by atoms with Gasteiger partial charge in [0.2, 0.25) is 5.89 Å². The molecule has 0 bridgehead atoms. The number of hydrogen-bond acceptors (Lipinski definition) is 4. The molecule has 1 aromatic carbocycles. The number of benzene rings is 1. The van der Waals surface area contributed by atoms with Crippen LogP contribution >= 0.6 is 0 Å². The summed E-state index contributed by atoms with van der Waals surface area (Å²) in [5.74, 6) is 2.03. The number of carbonyl (C=O) groups excluding carboxylic acids is 1. The Bertz CT molecular complexity index is 757. The van der Waals surface area contributed by atoms with Gasteiger partial charge in [-0.05, 0) is 17.7 Å². The zero-order valence-corrected chi connectivity index (χ0v) is 16.0. The zero-order valence-electron chi connectivity index (χ0n) is 16.0. The molecule has 7 nitrogen and oxygen atoms in total. The Morgan fingerprint density at radius 3 is 2.35 bits per heavy atom. The third kappa shape index (κ3) is 5.34. The maximum absolute atomic E-state index is 11.6. The number of guanidine groups is 1. The highest BCUT2D eigenvalue weighted by atomic mass is 16.4. The largest absolute Gasteiger partial charge is 0.443 e. The van der Waals surface area contributed by atoms with Crippen molar-refractivity contribution < 1.29 is 9.21 Å². The maximum Gasteiger partial charge on any atom is 0.251 e. The van der Waals surface area contributed by atoms with Gasteiger partial charge in [-0.15, -0.1) is 0 Å². The Morgan fingerprint density at radius 1 is 1.15 bits per heavy atom. The van der Waals surface area contributed by atoms with Crippen molar-refractivity contribution in [3.05, 3.63) is 53.2 Å². The van der Waals surface area contributed by atoms with Crippen molar-refractivity contribution in [2.24, 2.45) is 4.99 Å². The predicted octanol–water partition coefficient (Wildman–Crippen LogP) is 2.20. The molecule has 0 aliphatic carbocycles. The van der Waals surface area contributed by atoms with Gasteiger partial charge in [0.1, 0.15) is 5.76 Å². The molecule has 2 rings (SSSR count). The summed E-state index contributed by atoms with van der Waals surface area (Å²) in [6.45, 7) is 7.29. The first-order chi connectivity index (χ1) is 12.3. The van der Waals surface area contributed by atoms with E-state index in [-0.39, 0.29) is 11.3 Å². The fourth-order valence-electron chi connectivity index (χ4n) is 2.22. The summed E-state index contributed by atoms with van der Waals surface area (Å²) in [7, 11) is 3.33. The molecule has 0 saturated heterocycles. The van der Waals surface area contributed by atoms with Gasteiger partial charge in [-0.25, -0.2) is 4.98 Å². The molecule has 0 unspecified atom stereocenters. The quantitative estimate of drug-likeness (QED) is 0.564. The van der Waals surface area contributed by atoms with Crippen LogP contribution in [0.1, 0.15) is 48.3 Å². The van der Waals surface area contributed by atoms with Gasteiger partial charge in [-0.3, -0.25) is 9.79 Å². The number of nitrogens with zero attached hydrogens (tertiary/aromatic N) is 2. The van der Waals surface area contributed by atoms with Crippen LogP contribution in [0.4, 0.5) is 0 Å². The molecule has 0 aliphatic rings.